The van der Waals surface area contributed by atoms with E-state index in [1.54, 1.807) is 6.07 Å². The summed E-state index contributed by atoms with van der Waals surface area (Å²) in [5.74, 6) is -0.154. The molecule has 100 valence electrons. The highest BCUT2D eigenvalue weighted by atomic mass is 19.1. The normalized spacial score (nSPS) is 10.8. The van der Waals surface area contributed by atoms with E-state index in [1.807, 2.05) is 26.1 Å². The van der Waals surface area contributed by atoms with E-state index in [0.717, 1.165) is 16.7 Å². The number of hydrogen-bond acceptors (Lipinski definition) is 1. The van der Waals surface area contributed by atoms with E-state index in [2.05, 4.69) is 31.3 Å². The van der Waals surface area contributed by atoms with Crippen molar-refractivity contribution in [3.63, 3.8) is 0 Å². The summed E-state index contributed by atoms with van der Waals surface area (Å²) in [5.41, 5.74) is 6.18. The molecule has 2 heteroatoms. The quantitative estimate of drug-likeness (QED) is 0.871. The molecule has 0 bridgehead atoms. The van der Waals surface area contributed by atoms with Crippen LogP contribution in [-0.4, -0.2) is 7.05 Å². The molecule has 0 heterocycles. The largest absolute Gasteiger partial charge is 0.316 e. The first-order valence-corrected chi connectivity index (χ1v) is 6.54. The zero-order valence-electron chi connectivity index (χ0n) is 12.0. The Morgan fingerprint density at radius 1 is 0.895 bits per heavy atom. The van der Waals surface area contributed by atoms with E-state index in [0.29, 0.717) is 12.1 Å². The van der Waals surface area contributed by atoms with Crippen molar-refractivity contribution >= 4 is 0 Å². The van der Waals surface area contributed by atoms with Crippen LogP contribution in [0.2, 0.25) is 0 Å². The molecule has 0 aromatic heterocycles. The van der Waals surface area contributed by atoms with Crippen molar-refractivity contribution in [2.75, 3.05) is 7.05 Å². The Morgan fingerprint density at radius 3 is 2.21 bits per heavy atom. The molecular weight excluding hydrogens is 237 g/mol. The fourth-order valence-electron chi connectivity index (χ4n) is 2.34. The SMILES string of the molecule is CNCc1ccc(-c2cc(C)c(C)cc2C)c(F)c1. The molecule has 2 aromatic rings. The fraction of sp³-hybridized carbons (Fsp3) is 0.294. The van der Waals surface area contributed by atoms with Gasteiger partial charge in [0.2, 0.25) is 0 Å². The zero-order valence-corrected chi connectivity index (χ0v) is 12.0. The van der Waals surface area contributed by atoms with Gasteiger partial charge in [-0.25, -0.2) is 4.39 Å². The van der Waals surface area contributed by atoms with Gasteiger partial charge in [-0.15, -0.1) is 0 Å². The van der Waals surface area contributed by atoms with E-state index < -0.39 is 0 Å². The number of hydrogen-bond donors (Lipinski definition) is 1. The van der Waals surface area contributed by atoms with Crippen LogP contribution in [0.3, 0.4) is 0 Å². The summed E-state index contributed by atoms with van der Waals surface area (Å²) >= 11 is 0. The van der Waals surface area contributed by atoms with Gasteiger partial charge in [-0.3, -0.25) is 0 Å². The fourth-order valence-corrected chi connectivity index (χ4v) is 2.34. The molecule has 0 saturated heterocycles. The van der Waals surface area contributed by atoms with E-state index in [1.165, 1.54) is 11.1 Å². The molecule has 1 nitrogen and oxygen atoms in total. The predicted molar refractivity (Wildman–Crippen MR) is 78.8 cm³/mol. The molecule has 0 radical (unpaired) electrons. The molecule has 0 aliphatic carbocycles. The van der Waals surface area contributed by atoms with Crippen molar-refractivity contribution in [2.45, 2.75) is 27.3 Å². The van der Waals surface area contributed by atoms with Gasteiger partial charge in [0.1, 0.15) is 5.82 Å². The zero-order chi connectivity index (χ0) is 14.0. The Kier molecular flexibility index (Phi) is 4.01. The summed E-state index contributed by atoms with van der Waals surface area (Å²) in [7, 11) is 1.86. The minimum Gasteiger partial charge on any atom is -0.316 e. The lowest BCUT2D eigenvalue weighted by atomic mass is 9.94. The Bertz CT molecular complexity index is 602. The maximum absolute atomic E-state index is 14.2. The molecule has 0 amide bonds. The molecule has 0 aliphatic rings. The molecule has 2 rings (SSSR count). The summed E-state index contributed by atoms with van der Waals surface area (Å²) in [6.07, 6.45) is 0. The standard InChI is InChI=1S/C17H20FN/c1-11-7-13(3)16(8-12(11)2)15-6-5-14(10-19-4)9-17(15)18/h5-9,19H,10H2,1-4H3. The van der Waals surface area contributed by atoms with Crippen molar-refractivity contribution < 1.29 is 4.39 Å². The molecular formula is C17H20FN. The summed E-state index contributed by atoms with van der Waals surface area (Å²) in [6.45, 7) is 6.86. The van der Waals surface area contributed by atoms with Gasteiger partial charge in [0.25, 0.3) is 0 Å². The topological polar surface area (TPSA) is 12.0 Å². The highest BCUT2D eigenvalue weighted by Gasteiger charge is 2.10. The summed E-state index contributed by atoms with van der Waals surface area (Å²) in [6, 6.07) is 9.65. The molecule has 0 saturated carbocycles. The Hall–Kier alpha value is -1.67. The summed E-state index contributed by atoms with van der Waals surface area (Å²) in [5, 5.41) is 3.03. The van der Waals surface area contributed by atoms with Crippen LogP contribution in [0.5, 0.6) is 0 Å². The molecule has 0 atom stereocenters. The minimum atomic E-state index is -0.154. The number of benzene rings is 2. The third-order valence-corrected chi connectivity index (χ3v) is 3.55. The highest BCUT2D eigenvalue weighted by Crippen LogP contribution is 2.29. The van der Waals surface area contributed by atoms with Crippen LogP contribution >= 0.6 is 0 Å². The van der Waals surface area contributed by atoms with Gasteiger partial charge in [-0.2, -0.15) is 0 Å². The number of halogens is 1. The molecule has 19 heavy (non-hydrogen) atoms. The maximum Gasteiger partial charge on any atom is 0.131 e. The molecule has 0 fully saturated rings. The third-order valence-electron chi connectivity index (χ3n) is 3.55. The minimum absolute atomic E-state index is 0.154. The molecule has 2 aromatic carbocycles. The second kappa shape index (κ2) is 5.54. The third kappa shape index (κ3) is 2.85. The van der Waals surface area contributed by atoms with Crippen LogP contribution in [0.4, 0.5) is 4.39 Å². The number of nitrogens with one attached hydrogen (secondary N) is 1. The van der Waals surface area contributed by atoms with Gasteiger partial charge >= 0.3 is 0 Å². The van der Waals surface area contributed by atoms with Crippen molar-refractivity contribution in [3.05, 3.63) is 58.4 Å². The lowest BCUT2D eigenvalue weighted by molar-refractivity contribution is 0.627. The second-order valence-corrected chi connectivity index (χ2v) is 5.10. The maximum atomic E-state index is 14.2. The van der Waals surface area contributed by atoms with Gasteiger partial charge < -0.3 is 5.32 Å². The van der Waals surface area contributed by atoms with Gasteiger partial charge in [-0.1, -0.05) is 24.3 Å². The van der Waals surface area contributed by atoms with E-state index >= 15 is 0 Å². The molecule has 1 N–H and O–H groups in total. The van der Waals surface area contributed by atoms with Crippen molar-refractivity contribution in [1.82, 2.24) is 5.32 Å². The molecule has 0 spiro atoms. The summed E-state index contributed by atoms with van der Waals surface area (Å²) < 4.78 is 14.2. The summed E-state index contributed by atoms with van der Waals surface area (Å²) in [4.78, 5) is 0. The van der Waals surface area contributed by atoms with Crippen LogP contribution < -0.4 is 5.32 Å². The van der Waals surface area contributed by atoms with Crippen LogP contribution in [-0.2, 0) is 6.54 Å². The van der Waals surface area contributed by atoms with E-state index in [9.17, 15) is 4.39 Å². The van der Waals surface area contributed by atoms with E-state index in [-0.39, 0.29) is 5.82 Å². The van der Waals surface area contributed by atoms with Gasteiger partial charge in [0.05, 0.1) is 0 Å². The Balaban J connectivity index is 2.50. The first-order chi connectivity index (χ1) is 9.02. The number of aryl methyl sites for hydroxylation is 3. The van der Waals surface area contributed by atoms with Gasteiger partial charge in [0.15, 0.2) is 0 Å². The monoisotopic (exact) mass is 257 g/mol. The van der Waals surface area contributed by atoms with Crippen LogP contribution in [0.15, 0.2) is 30.3 Å². The van der Waals surface area contributed by atoms with Gasteiger partial charge in [0, 0.05) is 12.1 Å². The van der Waals surface area contributed by atoms with Crippen LogP contribution in [0.1, 0.15) is 22.3 Å². The van der Waals surface area contributed by atoms with Crippen molar-refractivity contribution in [3.8, 4) is 11.1 Å². The molecule has 0 aliphatic heterocycles. The van der Waals surface area contributed by atoms with Crippen molar-refractivity contribution in [2.24, 2.45) is 0 Å². The van der Waals surface area contributed by atoms with E-state index in [4.69, 9.17) is 0 Å². The Morgan fingerprint density at radius 2 is 1.58 bits per heavy atom. The average molecular weight is 257 g/mol. The predicted octanol–water partition coefficient (Wildman–Crippen LogP) is 4.14. The molecule has 0 unspecified atom stereocenters. The lowest BCUT2D eigenvalue weighted by Crippen LogP contribution is -2.05. The average Bonchev–Trinajstić information content (AvgIpc) is 2.35. The van der Waals surface area contributed by atoms with Crippen molar-refractivity contribution in [1.29, 1.82) is 0 Å². The first-order valence-electron chi connectivity index (χ1n) is 6.54. The lowest BCUT2D eigenvalue weighted by Gasteiger charge is -2.12. The highest BCUT2D eigenvalue weighted by molar-refractivity contribution is 5.69. The first kappa shape index (κ1) is 13.8. The number of rotatable bonds is 3. The van der Waals surface area contributed by atoms with Gasteiger partial charge in [-0.05, 0) is 61.7 Å². The second-order valence-electron chi connectivity index (χ2n) is 5.10. The van der Waals surface area contributed by atoms with Crippen LogP contribution in [0, 0.1) is 26.6 Å². The Labute approximate surface area is 114 Å². The smallest absolute Gasteiger partial charge is 0.131 e. The van der Waals surface area contributed by atoms with Crippen LogP contribution in [0.25, 0.3) is 11.1 Å².